The van der Waals surface area contributed by atoms with E-state index in [1.807, 2.05) is 6.08 Å². The topological polar surface area (TPSA) is 66.4 Å². The Kier molecular flexibility index (Phi) is 17.5. The summed E-state index contributed by atoms with van der Waals surface area (Å²) in [5, 5.41) is 11.1. The molecule has 0 heterocycles. The van der Waals surface area contributed by atoms with Crippen molar-refractivity contribution >= 4 is 11.9 Å². The van der Waals surface area contributed by atoms with Crippen molar-refractivity contribution in [3.05, 3.63) is 12.3 Å². The summed E-state index contributed by atoms with van der Waals surface area (Å²) in [5.74, 6) is -2.78. The molecule has 1 aliphatic carbocycles. The first-order chi connectivity index (χ1) is 12.7. The first-order valence-corrected chi connectivity index (χ1v) is 10.7. The second-order valence-corrected chi connectivity index (χ2v) is 7.60. The molecular weight excluding hydrogens is 351 g/mol. The molecule has 0 aliphatic heterocycles. The molecule has 1 rings (SSSR count). The van der Waals surface area contributed by atoms with E-state index in [0.29, 0.717) is 12.8 Å². The van der Waals surface area contributed by atoms with Crippen LogP contribution in [0.15, 0.2) is 12.3 Å². The monoisotopic (exact) mass is 388 g/mol. The molecule has 27 heavy (non-hydrogen) atoms. The van der Waals surface area contributed by atoms with E-state index in [1.165, 1.54) is 64.0 Å². The van der Waals surface area contributed by atoms with Gasteiger partial charge in [0.1, 0.15) is 0 Å². The smallest absolute Gasteiger partial charge is 0.550 e. The zero-order valence-corrected chi connectivity index (χ0v) is 19.5. The van der Waals surface area contributed by atoms with E-state index in [2.05, 4.69) is 6.92 Å². The van der Waals surface area contributed by atoms with Crippen LogP contribution >= 0.6 is 0 Å². The molecule has 0 spiro atoms. The minimum atomic E-state index is -1.12. The van der Waals surface area contributed by atoms with E-state index >= 15 is 0 Å². The van der Waals surface area contributed by atoms with E-state index in [0.717, 1.165) is 25.7 Å². The number of carbonyl (C=O) groups excluding carboxylic acids is 2. The van der Waals surface area contributed by atoms with Gasteiger partial charge in [-0.25, -0.2) is 0 Å². The molecule has 0 amide bonds. The van der Waals surface area contributed by atoms with E-state index in [1.54, 1.807) is 0 Å². The number of aliphatic carboxylic acids is 1. The summed E-state index contributed by atoms with van der Waals surface area (Å²) in [6, 6.07) is 0. The summed E-state index contributed by atoms with van der Waals surface area (Å²) in [7, 11) is 0. The summed E-state index contributed by atoms with van der Waals surface area (Å²) in [4.78, 5) is 23.2. The number of carboxylic acid groups (broad SMARTS) is 1. The maximum absolute atomic E-state index is 12.0. The van der Waals surface area contributed by atoms with Gasteiger partial charge in [-0.1, -0.05) is 77.6 Å². The summed E-state index contributed by atoms with van der Waals surface area (Å²) in [6.45, 7) is 2.25. The summed E-state index contributed by atoms with van der Waals surface area (Å²) in [6.07, 6.45) is 20.1. The number of esters is 1. The van der Waals surface area contributed by atoms with Gasteiger partial charge in [0.2, 0.25) is 0 Å². The average molecular weight is 389 g/mol. The van der Waals surface area contributed by atoms with Gasteiger partial charge in [0.05, 0.1) is 12.2 Å². The normalized spacial score (nSPS) is 19.6. The quantitative estimate of drug-likeness (QED) is 0.197. The molecule has 150 valence electrons. The first-order valence-electron chi connectivity index (χ1n) is 10.7. The van der Waals surface area contributed by atoms with Gasteiger partial charge in [-0.15, -0.1) is 0 Å². The molecule has 0 bridgehead atoms. The second kappa shape index (κ2) is 17.8. The maximum atomic E-state index is 12.0. The number of hydrogen-bond donors (Lipinski definition) is 0. The van der Waals surface area contributed by atoms with Crippen LogP contribution in [0.5, 0.6) is 0 Å². The Labute approximate surface area is 187 Å². The molecule has 5 heteroatoms. The van der Waals surface area contributed by atoms with E-state index in [9.17, 15) is 14.7 Å². The van der Waals surface area contributed by atoms with Crippen LogP contribution in [-0.4, -0.2) is 11.9 Å². The third-order valence-corrected chi connectivity index (χ3v) is 5.38. The summed E-state index contributed by atoms with van der Waals surface area (Å²) in [5.41, 5.74) is 0. The Morgan fingerprint density at radius 1 is 0.889 bits per heavy atom. The average Bonchev–Trinajstić information content (AvgIpc) is 2.65. The zero-order chi connectivity index (χ0) is 19.0. The molecule has 1 saturated carbocycles. The van der Waals surface area contributed by atoms with Crippen molar-refractivity contribution in [2.24, 2.45) is 11.8 Å². The Hall–Kier alpha value is -0.320. The first kappa shape index (κ1) is 26.7. The third kappa shape index (κ3) is 12.7. The Balaban J connectivity index is 0.00000676. The van der Waals surface area contributed by atoms with Gasteiger partial charge in [-0.2, -0.15) is 0 Å². The number of hydrogen-bond acceptors (Lipinski definition) is 4. The van der Waals surface area contributed by atoms with Gasteiger partial charge in [0.15, 0.2) is 0 Å². The number of carboxylic acids is 1. The van der Waals surface area contributed by atoms with Crippen molar-refractivity contribution in [1.29, 1.82) is 0 Å². The van der Waals surface area contributed by atoms with Gasteiger partial charge in [-0.05, 0) is 31.8 Å². The summed E-state index contributed by atoms with van der Waals surface area (Å²) >= 11 is 0. The van der Waals surface area contributed by atoms with Crippen molar-refractivity contribution in [3.8, 4) is 0 Å². The standard InChI is InChI=1S/C22H38O4.Na/c1-2-3-4-5-6-7-8-9-10-11-12-15-18-26-22(25)20-17-14-13-16-19(20)21(23)24;/h15,18-20H,2-14,16-17H2,1H3,(H,23,24);/q;+1/p-1/b18-15+;. The Morgan fingerprint density at radius 3 is 1.96 bits per heavy atom. The third-order valence-electron chi connectivity index (χ3n) is 5.38. The van der Waals surface area contributed by atoms with Crippen LogP contribution in [0.2, 0.25) is 0 Å². The van der Waals surface area contributed by atoms with Gasteiger partial charge in [0.25, 0.3) is 0 Å². The molecule has 1 fully saturated rings. The van der Waals surface area contributed by atoms with Crippen LogP contribution in [-0.2, 0) is 14.3 Å². The molecule has 4 nitrogen and oxygen atoms in total. The number of carbonyl (C=O) groups is 2. The van der Waals surface area contributed by atoms with E-state index in [-0.39, 0.29) is 29.6 Å². The van der Waals surface area contributed by atoms with Crippen LogP contribution in [0.4, 0.5) is 0 Å². The fourth-order valence-electron chi connectivity index (χ4n) is 3.72. The van der Waals surface area contributed by atoms with Crippen molar-refractivity contribution in [2.75, 3.05) is 0 Å². The Bertz CT molecular complexity index is 423. The number of allylic oxidation sites excluding steroid dienone is 1. The second-order valence-electron chi connectivity index (χ2n) is 7.60. The molecule has 0 aromatic rings. The van der Waals surface area contributed by atoms with Gasteiger partial charge < -0.3 is 14.6 Å². The van der Waals surface area contributed by atoms with E-state index in [4.69, 9.17) is 4.74 Å². The molecule has 2 atom stereocenters. The molecule has 0 N–H and O–H groups in total. The molecule has 0 radical (unpaired) electrons. The minimum Gasteiger partial charge on any atom is -0.550 e. The molecule has 0 saturated heterocycles. The van der Waals surface area contributed by atoms with Crippen LogP contribution in [0, 0.1) is 11.8 Å². The zero-order valence-electron chi connectivity index (χ0n) is 17.5. The van der Waals surface area contributed by atoms with Crippen LogP contribution in [0.25, 0.3) is 0 Å². The SMILES string of the molecule is CCCCCCCCCCCC/C=C/OC(=O)C1CCCCC1C(=O)[O-].[Na+]. The predicted molar refractivity (Wildman–Crippen MR) is 102 cm³/mol. The fourth-order valence-corrected chi connectivity index (χ4v) is 3.72. The van der Waals surface area contributed by atoms with Crippen molar-refractivity contribution < 1.29 is 49.0 Å². The largest absolute Gasteiger partial charge is 1.00 e. The van der Waals surface area contributed by atoms with Crippen LogP contribution in [0.3, 0.4) is 0 Å². The molecular formula is C22H37NaO4. The van der Waals surface area contributed by atoms with Gasteiger partial charge in [-0.3, -0.25) is 4.79 Å². The predicted octanol–water partition coefficient (Wildman–Crippen LogP) is 1.91. The minimum absolute atomic E-state index is 0. The Morgan fingerprint density at radius 2 is 1.41 bits per heavy atom. The summed E-state index contributed by atoms with van der Waals surface area (Å²) < 4.78 is 5.14. The van der Waals surface area contributed by atoms with Gasteiger partial charge in [0, 0.05) is 11.9 Å². The fraction of sp³-hybridized carbons (Fsp3) is 0.818. The van der Waals surface area contributed by atoms with Crippen LogP contribution < -0.4 is 34.7 Å². The molecule has 1 aliphatic rings. The number of unbranched alkanes of at least 4 members (excludes halogenated alkanes) is 10. The van der Waals surface area contributed by atoms with E-state index < -0.39 is 23.8 Å². The maximum Gasteiger partial charge on any atom is 1.00 e. The number of ether oxygens (including phenoxy) is 1. The molecule has 2 unspecified atom stereocenters. The molecule has 0 aromatic heterocycles. The van der Waals surface area contributed by atoms with Gasteiger partial charge >= 0.3 is 35.5 Å². The number of rotatable bonds is 14. The van der Waals surface area contributed by atoms with Crippen molar-refractivity contribution in [3.63, 3.8) is 0 Å². The van der Waals surface area contributed by atoms with Crippen molar-refractivity contribution in [1.82, 2.24) is 0 Å². The van der Waals surface area contributed by atoms with Crippen LogP contribution in [0.1, 0.15) is 103 Å². The molecule has 0 aromatic carbocycles. The van der Waals surface area contributed by atoms with Crippen molar-refractivity contribution in [2.45, 2.75) is 103 Å².